The number of amides is 1. The van der Waals surface area contributed by atoms with E-state index in [0.717, 1.165) is 0 Å². The zero-order chi connectivity index (χ0) is 9.72. The molecule has 2 atom stereocenters. The highest BCUT2D eigenvalue weighted by Gasteiger charge is 2.23. The predicted octanol–water partition coefficient (Wildman–Crippen LogP) is 0.342. The Kier molecular flexibility index (Phi) is 3.96. The second-order valence-corrected chi connectivity index (χ2v) is 2.49. The maximum Gasteiger partial charge on any atom is 0.233 e. The Labute approximate surface area is 70.6 Å². The summed E-state index contributed by atoms with van der Waals surface area (Å²) >= 11 is 0. The highest BCUT2D eigenvalue weighted by atomic mass is 16.6. The van der Waals surface area contributed by atoms with Gasteiger partial charge in [0, 0.05) is 18.8 Å². The summed E-state index contributed by atoms with van der Waals surface area (Å²) < 4.78 is 0. The van der Waals surface area contributed by atoms with Crippen molar-refractivity contribution in [1.82, 2.24) is 5.32 Å². The summed E-state index contributed by atoms with van der Waals surface area (Å²) in [5, 5.41) is 12.7. The van der Waals surface area contributed by atoms with E-state index in [2.05, 4.69) is 11.9 Å². The molecule has 0 saturated heterocycles. The van der Waals surface area contributed by atoms with E-state index in [1.54, 1.807) is 0 Å². The van der Waals surface area contributed by atoms with Crippen molar-refractivity contribution < 1.29 is 9.72 Å². The average Bonchev–Trinajstić information content (AvgIpc) is 1.98. The van der Waals surface area contributed by atoms with Crippen LogP contribution in [0.1, 0.15) is 13.8 Å². The quantitative estimate of drug-likeness (QED) is 0.377. The van der Waals surface area contributed by atoms with Crippen LogP contribution in [0.3, 0.4) is 0 Å². The molecule has 0 heterocycles. The summed E-state index contributed by atoms with van der Waals surface area (Å²) in [5.74, 6) is -0.298. The van der Waals surface area contributed by atoms with Crippen molar-refractivity contribution in [2.75, 3.05) is 0 Å². The zero-order valence-electron chi connectivity index (χ0n) is 7.11. The molecular formula is C7H12N2O3. The first kappa shape index (κ1) is 10.6. The third kappa shape index (κ3) is 3.14. The number of nitro groups is 1. The Morgan fingerprint density at radius 2 is 2.25 bits per heavy atom. The lowest BCUT2D eigenvalue weighted by atomic mass is 10.1. The van der Waals surface area contributed by atoms with Crippen molar-refractivity contribution in [3.63, 3.8) is 0 Å². The van der Waals surface area contributed by atoms with E-state index in [0.29, 0.717) is 0 Å². The normalized spacial score (nSPS) is 14.5. The lowest BCUT2D eigenvalue weighted by Gasteiger charge is -2.14. The van der Waals surface area contributed by atoms with Crippen molar-refractivity contribution in [2.45, 2.75) is 25.9 Å². The highest BCUT2D eigenvalue weighted by molar-refractivity contribution is 5.73. The number of rotatable bonds is 4. The number of hydrogen-bond donors (Lipinski definition) is 1. The lowest BCUT2D eigenvalue weighted by Crippen LogP contribution is -2.43. The van der Waals surface area contributed by atoms with Crippen molar-refractivity contribution in [3.8, 4) is 0 Å². The van der Waals surface area contributed by atoms with Crippen LogP contribution in [0, 0.1) is 10.1 Å². The zero-order valence-corrected chi connectivity index (χ0v) is 7.11. The average molecular weight is 172 g/mol. The van der Waals surface area contributed by atoms with Gasteiger partial charge in [0.15, 0.2) is 0 Å². The Balaban J connectivity index is 4.23. The Bertz CT molecular complexity index is 203. The third-order valence-electron chi connectivity index (χ3n) is 1.48. The van der Waals surface area contributed by atoms with Crippen LogP contribution < -0.4 is 5.32 Å². The first-order valence-corrected chi connectivity index (χ1v) is 3.52. The molecule has 0 rings (SSSR count). The van der Waals surface area contributed by atoms with Crippen molar-refractivity contribution in [2.24, 2.45) is 0 Å². The fourth-order valence-corrected chi connectivity index (χ4v) is 0.742. The molecule has 2 unspecified atom stereocenters. The summed E-state index contributed by atoms with van der Waals surface area (Å²) in [6.07, 6.45) is 1.36. The molecule has 0 aromatic carbocycles. The van der Waals surface area contributed by atoms with Gasteiger partial charge < -0.3 is 5.32 Å². The number of carbonyl (C=O) groups is 1. The van der Waals surface area contributed by atoms with E-state index >= 15 is 0 Å². The summed E-state index contributed by atoms with van der Waals surface area (Å²) in [7, 11) is 0. The number of nitrogens with one attached hydrogen (secondary N) is 1. The molecule has 5 heteroatoms. The molecule has 12 heavy (non-hydrogen) atoms. The minimum Gasteiger partial charge on any atom is -0.343 e. The molecular weight excluding hydrogens is 160 g/mol. The topological polar surface area (TPSA) is 72.2 Å². The second kappa shape index (κ2) is 4.48. The van der Waals surface area contributed by atoms with Gasteiger partial charge in [0.2, 0.25) is 11.9 Å². The fraction of sp³-hybridized carbons (Fsp3) is 0.571. The molecule has 1 N–H and O–H groups in total. The van der Waals surface area contributed by atoms with Gasteiger partial charge in [-0.15, -0.1) is 6.58 Å². The molecule has 0 spiro atoms. The molecule has 0 aliphatic rings. The van der Waals surface area contributed by atoms with Gasteiger partial charge in [-0.1, -0.05) is 6.08 Å². The van der Waals surface area contributed by atoms with Gasteiger partial charge in [-0.25, -0.2) is 0 Å². The van der Waals surface area contributed by atoms with E-state index < -0.39 is 17.0 Å². The highest BCUT2D eigenvalue weighted by Crippen LogP contribution is 1.98. The first-order chi connectivity index (χ1) is 5.49. The summed E-state index contributed by atoms with van der Waals surface area (Å²) in [4.78, 5) is 20.4. The molecule has 0 saturated carbocycles. The molecule has 68 valence electrons. The fourth-order valence-electron chi connectivity index (χ4n) is 0.742. The minimum absolute atomic E-state index is 0.298. The first-order valence-electron chi connectivity index (χ1n) is 3.52. The van der Waals surface area contributed by atoms with Crippen LogP contribution in [0.5, 0.6) is 0 Å². The third-order valence-corrected chi connectivity index (χ3v) is 1.48. The molecule has 0 aromatic heterocycles. The van der Waals surface area contributed by atoms with Crippen molar-refractivity contribution in [3.05, 3.63) is 22.8 Å². The Morgan fingerprint density at radius 3 is 2.50 bits per heavy atom. The van der Waals surface area contributed by atoms with Crippen molar-refractivity contribution >= 4 is 5.91 Å². The maximum atomic E-state index is 10.6. The summed E-state index contributed by atoms with van der Waals surface area (Å²) in [6, 6.07) is -1.44. The van der Waals surface area contributed by atoms with Gasteiger partial charge in [0.25, 0.3) is 0 Å². The SMILES string of the molecule is C=CC(NC(C)=O)C(C)[N+](=O)[O-]. The molecule has 0 bridgehead atoms. The van der Waals surface area contributed by atoms with Gasteiger partial charge in [-0.2, -0.15) is 0 Å². The van der Waals surface area contributed by atoms with Crippen LogP contribution >= 0.6 is 0 Å². The summed E-state index contributed by atoms with van der Waals surface area (Å²) in [6.45, 7) is 6.13. The second-order valence-electron chi connectivity index (χ2n) is 2.49. The van der Waals surface area contributed by atoms with Gasteiger partial charge in [-0.05, 0) is 0 Å². The Hall–Kier alpha value is -1.39. The van der Waals surface area contributed by atoms with Crippen LogP contribution in [0.2, 0.25) is 0 Å². The summed E-state index contributed by atoms with van der Waals surface area (Å²) in [5.41, 5.74) is 0. The molecule has 5 nitrogen and oxygen atoms in total. The van der Waals surface area contributed by atoms with Crippen LogP contribution in [-0.2, 0) is 4.79 Å². The van der Waals surface area contributed by atoms with Gasteiger partial charge in [0.1, 0.15) is 6.04 Å². The standard InChI is InChI=1S/C7H12N2O3/c1-4-7(8-6(3)10)5(2)9(11)12/h4-5,7H,1H2,2-3H3,(H,8,10). The largest absolute Gasteiger partial charge is 0.343 e. The smallest absolute Gasteiger partial charge is 0.233 e. The van der Waals surface area contributed by atoms with E-state index in [9.17, 15) is 14.9 Å². The van der Waals surface area contributed by atoms with E-state index in [1.807, 2.05) is 0 Å². The molecule has 0 aromatic rings. The van der Waals surface area contributed by atoms with Crippen LogP contribution in [0.4, 0.5) is 0 Å². The molecule has 0 aliphatic carbocycles. The predicted molar refractivity (Wildman–Crippen MR) is 44.3 cm³/mol. The maximum absolute atomic E-state index is 10.6. The molecule has 0 fully saturated rings. The van der Waals surface area contributed by atoms with E-state index in [-0.39, 0.29) is 5.91 Å². The van der Waals surface area contributed by atoms with Crippen LogP contribution in [0.25, 0.3) is 0 Å². The van der Waals surface area contributed by atoms with Gasteiger partial charge in [0.05, 0.1) is 0 Å². The van der Waals surface area contributed by atoms with Crippen LogP contribution in [0.15, 0.2) is 12.7 Å². The number of nitrogens with zero attached hydrogens (tertiary/aromatic N) is 1. The lowest BCUT2D eigenvalue weighted by molar-refractivity contribution is -0.520. The number of carbonyl (C=O) groups excluding carboxylic acids is 1. The monoisotopic (exact) mass is 172 g/mol. The van der Waals surface area contributed by atoms with Gasteiger partial charge >= 0.3 is 0 Å². The van der Waals surface area contributed by atoms with Gasteiger partial charge in [-0.3, -0.25) is 14.9 Å². The van der Waals surface area contributed by atoms with Crippen LogP contribution in [-0.4, -0.2) is 22.9 Å². The van der Waals surface area contributed by atoms with E-state index in [1.165, 1.54) is 19.9 Å². The van der Waals surface area contributed by atoms with E-state index in [4.69, 9.17) is 0 Å². The molecule has 0 aliphatic heterocycles. The minimum atomic E-state index is -0.841. The van der Waals surface area contributed by atoms with Crippen molar-refractivity contribution in [1.29, 1.82) is 0 Å². The Morgan fingerprint density at radius 1 is 1.75 bits per heavy atom. The number of hydrogen-bond acceptors (Lipinski definition) is 3. The molecule has 1 amide bonds. The molecule has 0 radical (unpaired) electrons.